The topological polar surface area (TPSA) is 48.5 Å². The molecule has 0 spiro atoms. The quantitative estimate of drug-likeness (QED) is 0.201. The standard InChI is InChI=1S/C41H27N5/c1-4-13-28(14-5-1)39-42-40(29-15-6-2-7-16-29)44-41(43-39)30-17-12-20-32(27-30)46-36-22-11-10-21-33(36)38-34-25-26-45(31-18-8-3-9-19-31)35(34)23-24-37(38)46/h1-27H. The van der Waals surface area contributed by atoms with Crippen molar-refractivity contribution in [3.63, 3.8) is 0 Å². The molecule has 46 heavy (non-hydrogen) atoms. The van der Waals surface area contributed by atoms with Gasteiger partial charge in [0.15, 0.2) is 17.5 Å². The normalized spacial score (nSPS) is 11.5. The van der Waals surface area contributed by atoms with Crippen molar-refractivity contribution in [1.29, 1.82) is 0 Å². The van der Waals surface area contributed by atoms with Gasteiger partial charge in [0.1, 0.15) is 0 Å². The molecule has 0 bridgehead atoms. The smallest absolute Gasteiger partial charge is 0.164 e. The Morgan fingerprint density at radius 3 is 1.59 bits per heavy atom. The summed E-state index contributed by atoms with van der Waals surface area (Å²) >= 11 is 0. The lowest BCUT2D eigenvalue weighted by Crippen LogP contribution is -2.01. The van der Waals surface area contributed by atoms with Gasteiger partial charge in [-0.15, -0.1) is 0 Å². The highest BCUT2D eigenvalue weighted by Crippen LogP contribution is 2.38. The van der Waals surface area contributed by atoms with Crippen molar-refractivity contribution in [1.82, 2.24) is 24.1 Å². The Balaban J connectivity index is 1.24. The van der Waals surface area contributed by atoms with Crippen LogP contribution in [-0.4, -0.2) is 24.1 Å². The molecule has 0 unspecified atom stereocenters. The molecule has 216 valence electrons. The molecule has 0 aliphatic heterocycles. The molecule has 5 heteroatoms. The fourth-order valence-electron chi connectivity index (χ4n) is 6.50. The second-order valence-corrected chi connectivity index (χ2v) is 11.4. The molecule has 3 heterocycles. The van der Waals surface area contributed by atoms with Crippen molar-refractivity contribution in [2.45, 2.75) is 0 Å². The van der Waals surface area contributed by atoms with E-state index in [0.29, 0.717) is 17.5 Å². The molecular formula is C41H27N5. The molecule has 0 aliphatic carbocycles. The van der Waals surface area contributed by atoms with Gasteiger partial charge in [-0.1, -0.05) is 109 Å². The Hall–Kier alpha value is -6.33. The number of rotatable bonds is 5. The fourth-order valence-corrected chi connectivity index (χ4v) is 6.50. The second kappa shape index (κ2) is 10.7. The molecule has 9 aromatic rings. The molecular weight excluding hydrogens is 562 g/mol. The Morgan fingerprint density at radius 2 is 0.891 bits per heavy atom. The number of hydrogen-bond donors (Lipinski definition) is 0. The summed E-state index contributed by atoms with van der Waals surface area (Å²) in [6.07, 6.45) is 2.17. The monoisotopic (exact) mass is 589 g/mol. The maximum absolute atomic E-state index is 4.98. The van der Waals surface area contributed by atoms with Crippen molar-refractivity contribution in [2.75, 3.05) is 0 Å². The van der Waals surface area contributed by atoms with E-state index in [2.05, 4.69) is 112 Å². The lowest BCUT2D eigenvalue weighted by atomic mass is 10.1. The molecule has 0 saturated heterocycles. The van der Waals surface area contributed by atoms with E-state index in [9.17, 15) is 0 Å². The minimum absolute atomic E-state index is 0.637. The summed E-state index contributed by atoms with van der Waals surface area (Å²) < 4.78 is 4.61. The van der Waals surface area contributed by atoms with E-state index in [0.717, 1.165) is 39.1 Å². The van der Waals surface area contributed by atoms with E-state index in [1.165, 1.54) is 21.7 Å². The molecule has 0 amide bonds. The molecule has 0 radical (unpaired) electrons. The molecule has 0 atom stereocenters. The van der Waals surface area contributed by atoms with Crippen LogP contribution in [0.25, 0.3) is 78.2 Å². The van der Waals surface area contributed by atoms with Gasteiger partial charge >= 0.3 is 0 Å². The van der Waals surface area contributed by atoms with E-state index >= 15 is 0 Å². The third-order valence-corrected chi connectivity index (χ3v) is 8.60. The van der Waals surface area contributed by atoms with Crippen LogP contribution >= 0.6 is 0 Å². The Bertz CT molecular complexity index is 2460. The first kappa shape index (κ1) is 26.1. The largest absolute Gasteiger partial charge is 0.317 e. The van der Waals surface area contributed by atoms with Crippen LogP contribution < -0.4 is 0 Å². The van der Waals surface area contributed by atoms with Gasteiger partial charge in [-0.2, -0.15) is 0 Å². The number of para-hydroxylation sites is 2. The lowest BCUT2D eigenvalue weighted by molar-refractivity contribution is 1.07. The molecule has 6 aromatic carbocycles. The minimum atomic E-state index is 0.637. The average Bonchev–Trinajstić information content (AvgIpc) is 3.72. The summed E-state index contributed by atoms with van der Waals surface area (Å²) in [4.78, 5) is 14.8. The number of nitrogens with zero attached hydrogens (tertiary/aromatic N) is 5. The van der Waals surface area contributed by atoms with Gasteiger partial charge in [-0.25, -0.2) is 15.0 Å². The molecule has 5 nitrogen and oxygen atoms in total. The average molecular weight is 590 g/mol. The first-order valence-electron chi connectivity index (χ1n) is 15.4. The molecule has 0 saturated carbocycles. The molecule has 0 fully saturated rings. The van der Waals surface area contributed by atoms with Crippen molar-refractivity contribution < 1.29 is 0 Å². The minimum Gasteiger partial charge on any atom is -0.317 e. The first-order valence-corrected chi connectivity index (χ1v) is 15.4. The second-order valence-electron chi connectivity index (χ2n) is 11.4. The third kappa shape index (κ3) is 4.29. The zero-order chi connectivity index (χ0) is 30.5. The van der Waals surface area contributed by atoms with Crippen LogP contribution in [0, 0.1) is 0 Å². The summed E-state index contributed by atoms with van der Waals surface area (Å²) in [7, 11) is 0. The highest BCUT2D eigenvalue weighted by molar-refractivity contribution is 6.21. The first-order chi connectivity index (χ1) is 22.8. The summed E-state index contributed by atoms with van der Waals surface area (Å²) in [5, 5.41) is 3.69. The lowest BCUT2D eigenvalue weighted by Gasteiger charge is -2.12. The predicted molar refractivity (Wildman–Crippen MR) is 187 cm³/mol. The van der Waals surface area contributed by atoms with Crippen LogP contribution in [0.15, 0.2) is 164 Å². The SMILES string of the molecule is c1ccc(-c2nc(-c3ccccc3)nc(-c3cccc(-n4c5ccccc5c5c6ccn(-c7ccccc7)c6ccc54)c3)n2)cc1. The maximum atomic E-state index is 4.98. The summed E-state index contributed by atoms with van der Waals surface area (Å²) in [6.45, 7) is 0. The molecule has 0 N–H and O–H groups in total. The van der Waals surface area contributed by atoms with Gasteiger partial charge in [0.2, 0.25) is 0 Å². The number of aromatic nitrogens is 5. The molecule has 9 rings (SSSR count). The van der Waals surface area contributed by atoms with Crippen LogP contribution in [0.3, 0.4) is 0 Å². The van der Waals surface area contributed by atoms with Crippen LogP contribution in [-0.2, 0) is 0 Å². The van der Waals surface area contributed by atoms with Crippen LogP contribution in [0.4, 0.5) is 0 Å². The highest BCUT2D eigenvalue weighted by atomic mass is 15.0. The van der Waals surface area contributed by atoms with Crippen LogP contribution in [0.1, 0.15) is 0 Å². The van der Waals surface area contributed by atoms with Crippen molar-refractivity contribution in [3.8, 4) is 45.5 Å². The summed E-state index contributed by atoms with van der Waals surface area (Å²) in [5.74, 6) is 1.94. The van der Waals surface area contributed by atoms with Gasteiger partial charge in [-0.05, 0) is 48.5 Å². The van der Waals surface area contributed by atoms with Crippen LogP contribution in [0.2, 0.25) is 0 Å². The van der Waals surface area contributed by atoms with Crippen molar-refractivity contribution in [3.05, 3.63) is 164 Å². The van der Waals surface area contributed by atoms with Crippen molar-refractivity contribution in [2.24, 2.45) is 0 Å². The Labute approximate surface area is 265 Å². The van der Waals surface area contributed by atoms with Crippen molar-refractivity contribution >= 4 is 32.7 Å². The van der Waals surface area contributed by atoms with E-state index in [1.54, 1.807) is 0 Å². The maximum Gasteiger partial charge on any atom is 0.164 e. The molecule has 3 aromatic heterocycles. The van der Waals surface area contributed by atoms with Gasteiger partial charge in [0, 0.05) is 50.4 Å². The summed E-state index contributed by atoms with van der Waals surface area (Å²) in [6, 6.07) is 54.6. The van der Waals surface area contributed by atoms with E-state index in [-0.39, 0.29) is 0 Å². The molecule has 0 aliphatic rings. The zero-order valence-corrected chi connectivity index (χ0v) is 24.8. The van der Waals surface area contributed by atoms with E-state index < -0.39 is 0 Å². The number of benzene rings is 6. The predicted octanol–water partition coefficient (Wildman–Crippen LogP) is 9.91. The van der Waals surface area contributed by atoms with E-state index in [1.807, 2.05) is 60.7 Å². The van der Waals surface area contributed by atoms with Gasteiger partial charge in [-0.3, -0.25) is 0 Å². The zero-order valence-electron chi connectivity index (χ0n) is 24.8. The third-order valence-electron chi connectivity index (χ3n) is 8.60. The highest BCUT2D eigenvalue weighted by Gasteiger charge is 2.18. The summed E-state index contributed by atoms with van der Waals surface area (Å²) in [5.41, 5.74) is 8.52. The Kier molecular flexibility index (Phi) is 6.06. The van der Waals surface area contributed by atoms with Gasteiger partial charge in [0.25, 0.3) is 0 Å². The fraction of sp³-hybridized carbons (Fsp3) is 0. The Morgan fingerprint density at radius 1 is 0.370 bits per heavy atom. The van der Waals surface area contributed by atoms with Gasteiger partial charge < -0.3 is 9.13 Å². The van der Waals surface area contributed by atoms with Gasteiger partial charge in [0.05, 0.1) is 16.6 Å². The number of fused-ring (bicyclic) bond motifs is 5. The number of hydrogen-bond acceptors (Lipinski definition) is 3. The van der Waals surface area contributed by atoms with Crippen LogP contribution in [0.5, 0.6) is 0 Å². The van der Waals surface area contributed by atoms with E-state index in [4.69, 9.17) is 15.0 Å².